The average molecular weight is 584 g/mol. The molecule has 0 radical (unpaired) electrons. The van der Waals surface area contributed by atoms with Crippen LogP contribution in [0.3, 0.4) is 0 Å². The zero-order valence-electron chi connectivity index (χ0n) is 21.0. The van der Waals surface area contributed by atoms with Gasteiger partial charge < -0.3 is 20.1 Å². The Bertz CT molecular complexity index is 1630. The molecule has 3 aliphatic rings. The fraction of sp³-hybridized carbons (Fsp3) is 0.429. The second-order valence-corrected chi connectivity index (χ2v) is 11.4. The molecule has 0 saturated carbocycles. The number of hydrogen-bond acceptors (Lipinski definition) is 6. The molecule has 3 aromatic rings. The summed E-state index contributed by atoms with van der Waals surface area (Å²) in [7, 11) is 0. The van der Waals surface area contributed by atoms with Crippen LogP contribution in [0.15, 0.2) is 21.4 Å². The number of fused-ring (bicyclic) bond motifs is 5. The van der Waals surface area contributed by atoms with Crippen LogP contribution in [-0.4, -0.2) is 37.6 Å². The molecular formula is C28H27BrFN3O5. The maximum Gasteiger partial charge on any atom is 0.254 e. The van der Waals surface area contributed by atoms with E-state index in [1.165, 1.54) is 6.07 Å². The maximum atomic E-state index is 14.9. The number of hydrogen-bond donors (Lipinski definition) is 3. The van der Waals surface area contributed by atoms with Gasteiger partial charge in [0.15, 0.2) is 5.78 Å². The van der Waals surface area contributed by atoms with E-state index in [1.54, 1.807) is 24.5 Å². The van der Waals surface area contributed by atoms with Gasteiger partial charge in [-0.3, -0.25) is 14.4 Å². The highest BCUT2D eigenvalue weighted by molar-refractivity contribution is 9.10. The number of nitrogens with zero attached hydrogens (tertiary/aromatic N) is 2. The van der Waals surface area contributed by atoms with Gasteiger partial charge in [0.25, 0.3) is 5.56 Å². The number of ketones is 1. The summed E-state index contributed by atoms with van der Waals surface area (Å²) in [5.41, 5.74) is 2.39. The van der Waals surface area contributed by atoms with Crippen molar-refractivity contribution >= 4 is 38.5 Å². The van der Waals surface area contributed by atoms with Crippen LogP contribution in [0.5, 0.6) is 0 Å². The highest BCUT2D eigenvalue weighted by Gasteiger charge is 2.44. The van der Waals surface area contributed by atoms with E-state index >= 15 is 0 Å². The van der Waals surface area contributed by atoms with Crippen molar-refractivity contribution < 1.29 is 24.2 Å². The van der Waals surface area contributed by atoms with Gasteiger partial charge in [-0.1, -0.05) is 6.92 Å². The molecule has 10 heteroatoms. The molecule has 3 atom stereocenters. The third-order valence-corrected chi connectivity index (χ3v) is 9.09. The number of aliphatic hydroxyl groups is 2. The molecule has 2 aromatic heterocycles. The third-order valence-electron chi connectivity index (χ3n) is 8.24. The van der Waals surface area contributed by atoms with Crippen molar-refractivity contribution in [2.45, 2.75) is 76.7 Å². The topological polar surface area (TPSA) is 122 Å². The number of aromatic nitrogens is 2. The second kappa shape index (κ2) is 8.79. The van der Waals surface area contributed by atoms with Crippen molar-refractivity contribution in [3.63, 3.8) is 0 Å². The fourth-order valence-electron chi connectivity index (χ4n) is 6.40. The second-order valence-electron chi connectivity index (χ2n) is 10.6. The molecule has 0 spiro atoms. The summed E-state index contributed by atoms with van der Waals surface area (Å²) in [5.74, 6) is -1.06. The fourth-order valence-corrected chi connectivity index (χ4v) is 6.91. The highest BCUT2D eigenvalue weighted by Crippen LogP contribution is 2.46. The van der Waals surface area contributed by atoms with Gasteiger partial charge in [-0.25, -0.2) is 9.37 Å². The van der Waals surface area contributed by atoms with Gasteiger partial charge in [0.05, 0.1) is 46.5 Å². The molecule has 8 nitrogen and oxygen atoms in total. The number of nitrogens with one attached hydrogen (secondary N) is 1. The summed E-state index contributed by atoms with van der Waals surface area (Å²) in [6.07, 6.45) is 0.668. The summed E-state index contributed by atoms with van der Waals surface area (Å²) in [6.45, 7) is 3.47. The molecule has 0 bridgehead atoms. The van der Waals surface area contributed by atoms with Gasteiger partial charge in [0.2, 0.25) is 5.91 Å². The first-order valence-corrected chi connectivity index (χ1v) is 13.7. The maximum absolute atomic E-state index is 14.9. The van der Waals surface area contributed by atoms with Gasteiger partial charge in [-0.05, 0) is 65.7 Å². The average Bonchev–Trinajstić information content (AvgIpc) is 3.24. The van der Waals surface area contributed by atoms with Gasteiger partial charge in [0.1, 0.15) is 11.4 Å². The Kier molecular flexibility index (Phi) is 5.86. The third kappa shape index (κ3) is 3.53. The van der Waals surface area contributed by atoms with E-state index < -0.39 is 23.6 Å². The lowest BCUT2D eigenvalue weighted by molar-refractivity contribution is -0.140. The van der Waals surface area contributed by atoms with E-state index in [1.807, 2.05) is 0 Å². The Labute approximate surface area is 226 Å². The van der Waals surface area contributed by atoms with E-state index in [2.05, 4.69) is 21.2 Å². The Morgan fingerprint density at radius 3 is 2.74 bits per heavy atom. The van der Waals surface area contributed by atoms with Gasteiger partial charge in [-0.15, -0.1) is 0 Å². The molecule has 0 saturated heterocycles. The van der Waals surface area contributed by atoms with E-state index in [0.717, 1.165) is 22.1 Å². The molecular weight excluding hydrogens is 557 g/mol. The van der Waals surface area contributed by atoms with Crippen LogP contribution in [0.2, 0.25) is 0 Å². The normalized spacial score (nSPS) is 22.2. The smallest absolute Gasteiger partial charge is 0.254 e. The number of benzene rings is 1. The van der Waals surface area contributed by atoms with Crippen LogP contribution < -0.4 is 10.9 Å². The lowest BCUT2D eigenvalue weighted by atomic mass is 9.77. The number of carbonyl (C=O) groups excluding carboxylic acids is 2. The quantitative estimate of drug-likeness (QED) is 0.339. The zero-order valence-corrected chi connectivity index (χ0v) is 22.6. The van der Waals surface area contributed by atoms with Crippen LogP contribution in [0, 0.1) is 5.82 Å². The van der Waals surface area contributed by atoms with Crippen molar-refractivity contribution in [2.24, 2.45) is 0 Å². The SMILES string of the molecule is CC[C@@]1(O)C(=O)CCc2c1cc1n(c2=O)Cc2c-1nc1cc(F)c(Br)c3c1c2[C@H](NC(=O)C[C@H](C)O)CC3. The Morgan fingerprint density at radius 1 is 1.26 bits per heavy atom. The van der Waals surface area contributed by atoms with Crippen molar-refractivity contribution in [1.29, 1.82) is 0 Å². The number of halogens is 2. The number of rotatable bonds is 4. The first-order chi connectivity index (χ1) is 18.0. The first kappa shape index (κ1) is 25.3. The number of aliphatic hydroxyl groups excluding tert-OH is 1. The summed E-state index contributed by atoms with van der Waals surface area (Å²) < 4.78 is 16.9. The molecule has 1 amide bonds. The molecule has 1 aliphatic heterocycles. The van der Waals surface area contributed by atoms with E-state index in [9.17, 15) is 29.0 Å². The van der Waals surface area contributed by atoms with Gasteiger partial charge in [-0.2, -0.15) is 0 Å². The zero-order chi connectivity index (χ0) is 27.1. The number of Topliss-reactive ketones (excluding diaryl/α,β-unsaturated/α-hetero) is 1. The number of carbonyl (C=O) groups is 2. The molecule has 3 heterocycles. The first-order valence-electron chi connectivity index (χ1n) is 12.9. The predicted octanol–water partition coefficient (Wildman–Crippen LogP) is 3.31. The Morgan fingerprint density at radius 2 is 2.03 bits per heavy atom. The molecule has 198 valence electrons. The van der Waals surface area contributed by atoms with E-state index in [4.69, 9.17) is 4.98 Å². The molecule has 38 heavy (non-hydrogen) atoms. The minimum atomic E-state index is -1.74. The van der Waals surface area contributed by atoms with Crippen LogP contribution in [0.25, 0.3) is 22.3 Å². The van der Waals surface area contributed by atoms with Gasteiger partial charge in [0, 0.05) is 34.6 Å². The Balaban J connectivity index is 1.61. The summed E-state index contributed by atoms with van der Waals surface area (Å²) >= 11 is 3.39. The standard InChI is InChI=1S/C28H27BrFN3O5/c1-3-28(38)16-9-20-26-15(11-33(20)27(37)13(16)5-7-21(28)35)24-18(31-22(36)8-12(2)34)6-4-14-23(24)19(32-26)10-17(30)25(14)29/h9-10,12,18,34,38H,3-8,11H2,1-2H3,(H,31,36)/t12-,18+,28-/m0/s1. The van der Waals surface area contributed by atoms with Crippen LogP contribution in [0.4, 0.5) is 4.39 Å². The van der Waals surface area contributed by atoms with Crippen molar-refractivity contribution in [2.75, 3.05) is 0 Å². The van der Waals surface area contributed by atoms with Crippen molar-refractivity contribution in [3.05, 3.63) is 60.6 Å². The number of pyridine rings is 2. The minimum absolute atomic E-state index is 0.0527. The van der Waals surface area contributed by atoms with Crippen LogP contribution in [0.1, 0.15) is 73.4 Å². The van der Waals surface area contributed by atoms with Crippen molar-refractivity contribution in [3.8, 4) is 11.4 Å². The van der Waals surface area contributed by atoms with E-state index in [0.29, 0.717) is 45.3 Å². The minimum Gasteiger partial charge on any atom is -0.393 e. The highest BCUT2D eigenvalue weighted by atomic mass is 79.9. The number of aryl methyl sites for hydroxylation is 1. The summed E-state index contributed by atoms with van der Waals surface area (Å²) in [4.78, 5) is 43.9. The molecule has 2 aliphatic carbocycles. The Hall–Kier alpha value is -2.95. The molecule has 3 N–H and O–H groups in total. The van der Waals surface area contributed by atoms with Crippen LogP contribution >= 0.6 is 15.9 Å². The predicted molar refractivity (Wildman–Crippen MR) is 141 cm³/mol. The summed E-state index contributed by atoms with van der Waals surface area (Å²) in [6, 6.07) is 2.62. The monoisotopic (exact) mass is 583 g/mol. The molecule has 1 aromatic carbocycles. The molecule has 6 rings (SSSR count). The number of amides is 1. The van der Waals surface area contributed by atoms with Gasteiger partial charge >= 0.3 is 0 Å². The van der Waals surface area contributed by atoms with E-state index in [-0.39, 0.29) is 49.5 Å². The lowest BCUT2D eigenvalue weighted by Gasteiger charge is -2.32. The lowest BCUT2D eigenvalue weighted by Crippen LogP contribution is -2.43. The van der Waals surface area contributed by atoms with Crippen LogP contribution in [-0.2, 0) is 34.6 Å². The molecule has 0 unspecified atom stereocenters. The van der Waals surface area contributed by atoms with Crippen molar-refractivity contribution in [1.82, 2.24) is 14.9 Å². The molecule has 0 fully saturated rings. The largest absolute Gasteiger partial charge is 0.393 e. The summed E-state index contributed by atoms with van der Waals surface area (Å²) in [5, 5.41) is 24.8.